The highest BCUT2D eigenvalue weighted by atomic mass is 32.1. The van der Waals surface area contributed by atoms with Gasteiger partial charge in [-0.1, -0.05) is 26.8 Å². The second kappa shape index (κ2) is 7.21. The van der Waals surface area contributed by atoms with Gasteiger partial charge in [0.25, 0.3) is 5.91 Å². The third-order valence-electron chi connectivity index (χ3n) is 3.57. The van der Waals surface area contributed by atoms with Crippen molar-refractivity contribution in [1.29, 1.82) is 0 Å². The van der Waals surface area contributed by atoms with Crippen LogP contribution in [0.1, 0.15) is 41.7 Å². The first-order valence-electron chi connectivity index (χ1n) is 8.15. The van der Waals surface area contributed by atoms with Crippen LogP contribution in [-0.4, -0.2) is 20.9 Å². The van der Waals surface area contributed by atoms with Crippen molar-refractivity contribution in [3.8, 4) is 11.5 Å². The number of amides is 1. The van der Waals surface area contributed by atoms with Crippen LogP contribution in [0.5, 0.6) is 11.5 Å². The molecule has 0 saturated carbocycles. The third kappa shape index (κ3) is 4.23. The number of hydrogen-bond acceptors (Lipinski definition) is 6. The van der Waals surface area contributed by atoms with Crippen LogP contribution in [-0.2, 0) is 5.41 Å². The fraction of sp³-hybridized carbons (Fsp3) is 0.263. The van der Waals surface area contributed by atoms with Crippen molar-refractivity contribution in [2.45, 2.75) is 33.1 Å². The van der Waals surface area contributed by atoms with Crippen molar-refractivity contribution in [2.24, 2.45) is 0 Å². The van der Waals surface area contributed by atoms with Crippen molar-refractivity contribution in [1.82, 2.24) is 15.0 Å². The minimum Gasteiger partial charge on any atom is -0.454 e. The molecule has 134 valence electrons. The van der Waals surface area contributed by atoms with Crippen LogP contribution in [0.25, 0.3) is 0 Å². The highest BCUT2D eigenvalue weighted by Gasteiger charge is 2.21. The molecule has 0 fully saturated rings. The highest BCUT2D eigenvalue weighted by Crippen LogP contribution is 2.33. The molecule has 2 aromatic heterocycles. The Morgan fingerprint density at radius 1 is 1.15 bits per heavy atom. The molecule has 26 heavy (non-hydrogen) atoms. The Labute approximate surface area is 156 Å². The number of carbonyl (C=O) groups excluding carboxylic acids is 1. The summed E-state index contributed by atoms with van der Waals surface area (Å²) >= 11 is 1.51. The van der Waals surface area contributed by atoms with E-state index in [4.69, 9.17) is 4.74 Å². The summed E-state index contributed by atoms with van der Waals surface area (Å²) in [6.45, 7) is 8.36. The maximum atomic E-state index is 12.6. The van der Waals surface area contributed by atoms with Crippen LogP contribution >= 0.6 is 11.3 Å². The van der Waals surface area contributed by atoms with E-state index in [0.717, 1.165) is 10.6 Å². The molecule has 7 heteroatoms. The molecule has 0 aliphatic heterocycles. The number of ether oxygens (including phenoxy) is 1. The van der Waals surface area contributed by atoms with Crippen molar-refractivity contribution in [3.05, 3.63) is 59.1 Å². The number of carbonyl (C=O) groups is 1. The quantitative estimate of drug-likeness (QED) is 0.729. The minimum absolute atomic E-state index is 0.00373. The fourth-order valence-corrected chi connectivity index (χ4v) is 3.51. The Bertz CT molecular complexity index is 917. The zero-order valence-corrected chi connectivity index (χ0v) is 15.9. The van der Waals surface area contributed by atoms with E-state index in [-0.39, 0.29) is 11.3 Å². The van der Waals surface area contributed by atoms with Crippen LogP contribution in [0, 0.1) is 6.92 Å². The van der Waals surface area contributed by atoms with E-state index >= 15 is 0 Å². The van der Waals surface area contributed by atoms with Crippen molar-refractivity contribution < 1.29 is 9.53 Å². The average Bonchev–Trinajstić information content (AvgIpc) is 2.96. The lowest BCUT2D eigenvalue weighted by molar-refractivity contribution is 0.102. The molecule has 0 unspecified atom stereocenters. The molecule has 2 heterocycles. The van der Waals surface area contributed by atoms with Gasteiger partial charge in [0.1, 0.15) is 12.1 Å². The van der Waals surface area contributed by atoms with Crippen LogP contribution in [0.4, 0.5) is 5.13 Å². The first-order valence-corrected chi connectivity index (χ1v) is 8.97. The molecule has 3 aromatic rings. The standard InChI is InChI=1S/C19H20N4O2S/c1-12-16(19(2,3)4)26-18(22-12)23-17(24)13-6-5-7-14(8-13)25-15-9-20-11-21-10-15/h5-11H,1-4H3,(H,22,23,24). The third-order valence-corrected chi connectivity index (χ3v) is 5.07. The van der Waals surface area contributed by atoms with E-state index in [1.807, 2.05) is 6.92 Å². The largest absolute Gasteiger partial charge is 0.454 e. The molecule has 0 spiro atoms. The average molecular weight is 368 g/mol. The van der Waals surface area contributed by atoms with Crippen LogP contribution in [0.2, 0.25) is 0 Å². The Morgan fingerprint density at radius 2 is 1.88 bits per heavy atom. The van der Waals surface area contributed by atoms with Gasteiger partial charge in [-0.15, -0.1) is 11.3 Å². The topological polar surface area (TPSA) is 77.0 Å². The number of aryl methyl sites for hydroxylation is 1. The summed E-state index contributed by atoms with van der Waals surface area (Å²) in [4.78, 5) is 26.0. The van der Waals surface area contributed by atoms with E-state index in [9.17, 15) is 4.79 Å². The lowest BCUT2D eigenvalue weighted by Gasteiger charge is -2.16. The molecule has 1 N–H and O–H groups in total. The molecule has 1 aromatic carbocycles. The number of aromatic nitrogens is 3. The molecule has 0 aliphatic carbocycles. The predicted octanol–water partition coefficient (Wildman–Crippen LogP) is 4.58. The molecule has 6 nitrogen and oxygen atoms in total. The van der Waals surface area contributed by atoms with E-state index in [1.54, 1.807) is 36.7 Å². The first-order chi connectivity index (χ1) is 12.3. The van der Waals surface area contributed by atoms with E-state index in [1.165, 1.54) is 17.7 Å². The van der Waals surface area contributed by atoms with Crippen molar-refractivity contribution in [2.75, 3.05) is 5.32 Å². The number of nitrogens with one attached hydrogen (secondary N) is 1. The fourth-order valence-electron chi connectivity index (χ4n) is 2.49. The summed E-state index contributed by atoms with van der Waals surface area (Å²) in [6, 6.07) is 6.94. The molecule has 0 bridgehead atoms. The molecule has 3 rings (SSSR count). The lowest BCUT2D eigenvalue weighted by Crippen LogP contribution is -2.11. The second-order valence-electron chi connectivity index (χ2n) is 6.84. The molecule has 0 atom stereocenters. The van der Waals surface area contributed by atoms with Gasteiger partial charge in [0.05, 0.1) is 18.1 Å². The van der Waals surface area contributed by atoms with Gasteiger partial charge in [-0.2, -0.15) is 0 Å². The summed E-state index contributed by atoms with van der Waals surface area (Å²) < 4.78 is 5.67. The molecule has 0 aliphatic rings. The minimum atomic E-state index is -0.228. The van der Waals surface area contributed by atoms with Gasteiger partial charge >= 0.3 is 0 Å². The predicted molar refractivity (Wildman–Crippen MR) is 102 cm³/mol. The van der Waals surface area contributed by atoms with E-state index < -0.39 is 0 Å². The normalized spacial score (nSPS) is 11.2. The van der Waals surface area contributed by atoms with Crippen molar-refractivity contribution in [3.63, 3.8) is 0 Å². The summed E-state index contributed by atoms with van der Waals surface area (Å²) in [5.41, 5.74) is 1.43. The Balaban J connectivity index is 1.75. The maximum absolute atomic E-state index is 12.6. The number of anilines is 1. The molecule has 0 saturated heterocycles. The second-order valence-corrected chi connectivity index (χ2v) is 7.84. The monoisotopic (exact) mass is 368 g/mol. The molecule has 0 radical (unpaired) electrons. The number of hydrogen-bond donors (Lipinski definition) is 1. The maximum Gasteiger partial charge on any atom is 0.257 e. The first kappa shape index (κ1) is 18.0. The van der Waals surface area contributed by atoms with E-state index in [2.05, 4.69) is 41.0 Å². The van der Waals surface area contributed by atoms with Gasteiger partial charge in [0.2, 0.25) is 0 Å². The van der Waals surface area contributed by atoms with Gasteiger partial charge in [-0.3, -0.25) is 10.1 Å². The summed E-state index contributed by atoms with van der Waals surface area (Å²) in [7, 11) is 0. The highest BCUT2D eigenvalue weighted by molar-refractivity contribution is 7.16. The molecular weight excluding hydrogens is 348 g/mol. The smallest absolute Gasteiger partial charge is 0.257 e. The zero-order chi connectivity index (χ0) is 18.7. The van der Waals surface area contributed by atoms with E-state index in [0.29, 0.717) is 22.2 Å². The van der Waals surface area contributed by atoms with Gasteiger partial charge in [0, 0.05) is 10.4 Å². The number of benzene rings is 1. The van der Waals surface area contributed by atoms with Crippen molar-refractivity contribution >= 4 is 22.4 Å². The number of nitrogens with zero attached hydrogens (tertiary/aromatic N) is 3. The zero-order valence-electron chi connectivity index (χ0n) is 15.1. The van der Waals surface area contributed by atoms with Crippen LogP contribution < -0.4 is 10.1 Å². The van der Waals surface area contributed by atoms with Gasteiger partial charge < -0.3 is 4.74 Å². The Kier molecular flexibility index (Phi) is 4.99. The van der Waals surface area contributed by atoms with Gasteiger partial charge in [-0.25, -0.2) is 15.0 Å². The van der Waals surface area contributed by atoms with Gasteiger partial charge in [-0.05, 0) is 30.5 Å². The summed E-state index contributed by atoms with van der Waals surface area (Å²) in [5.74, 6) is 0.822. The SMILES string of the molecule is Cc1nc(NC(=O)c2cccc(Oc3cncnc3)c2)sc1C(C)(C)C. The molecular formula is C19H20N4O2S. The summed E-state index contributed by atoms with van der Waals surface area (Å²) in [6.07, 6.45) is 4.55. The van der Waals surface area contributed by atoms with Crippen LogP contribution in [0.3, 0.4) is 0 Å². The molecule has 1 amide bonds. The Hall–Kier alpha value is -2.80. The van der Waals surface area contributed by atoms with Gasteiger partial charge in [0.15, 0.2) is 10.9 Å². The van der Waals surface area contributed by atoms with Crippen LogP contribution in [0.15, 0.2) is 43.0 Å². The lowest BCUT2D eigenvalue weighted by atomic mass is 9.94. The Morgan fingerprint density at radius 3 is 2.54 bits per heavy atom. The number of rotatable bonds is 4. The number of thiazole rings is 1. The summed E-state index contributed by atoms with van der Waals surface area (Å²) in [5, 5.41) is 3.47.